The van der Waals surface area contributed by atoms with Crippen molar-refractivity contribution in [2.45, 2.75) is 33.1 Å². The number of ether oxygens (including phenoxy) is 2. The number of amides is 2. The van der Waals surface area contributed by atoms with E-state index in [1.165, 1.54) is 0 Å². The van der Waals surface area contributed by atoms with Crippen molar-refractivity contribution >= 4 is 17.5 Å². The molecule has 1 aliphatic carbocycles. The summed E-state index contributed by atoms with van der Waals surface area (Å²) in [4.78, 5) is 27.2. The van der Waals surface area contributed by atoms with Gasteiger partial charge in [0, 0.05) is 24.7 Å². The molecule has 1 N–H and O–H groups in total. The molecule has 2 aromatic carbocycles. The number of methoxy groups -OCH3 is 1. The fourth-order valence-electron chi connectivity index (χ4n) is 4.72. The van der Waals surface area contributed by atoms with Gasteiger partial charge in [0.15, 0.2) is 18.1 Å². The summed E-state index contributed by atoms with van der Waals surface area (Å²) >= 11 is 0. The second kappa shape index (κ2) is 8.61. The number of aryl methyl sites for hydroxylation is 2. The number of para-hydroxylation sites is 2. The first-order valence-corrected chi connectivity index (χ1v) is 10.8. The Morgan fingerprint density at radius 3 is 2.35 bits per heavy atom. The number of likely N-dealkylation sites (tertiary alicyclic amines) is 1. The number of piperidine rings is 1. The summed E-state index contributed by atoms with van der Waals surface area (Å²) in [5.74, 6) is 1.29. The van der Waals surface area contributed by atoms with Crippen molar-refractivity contribution in [3.8, 4) is 11.5 Å². The first-order chi connectivity index (χ1) is 14.9. The molecule has 0 radical (unpaired) electrons. The molecule has 1 heterocycles. The third-order valence-corrected chi connectivity index (χ3v) is 6.53. The van der Waals surface area contributed by atoms with Gasteiger partial charge < -0.3 is 19.7 Å². The highest BCUT2D eigenvalue weighted by molar-refractivity contribution is 5.95. The Morgan fingerprint density at radius 1 is 1.06 bits per heavy atom. The fraction of sp³-hybridized carbons (Fsp3) is 0.440. The van der Waals surface area contributed by atoms with E-state index in [1.54, 1.807) is 19.2 Å². The van der Waals surface area contributed by atoms with Crippen LogP contribution < -0.4 is 14.8 Å². The van der Waals surface area contributed by atoms with E-state index in [1.807, 2.05) is 43.0 Å². The minimum atomic E-state index is -0.0300. The summed E-state index contributed by atoms with van der Waals surface area (Å²) < 4.78 is 10.9. The Labute approximate surface area is 183 Å². The lowest BCUT2D eigenvalue weighted by Crippen LogP contribution is -2.42. The van der Waals surface area contributed by atoms with Crippen molar-refractivity contribution in [3.05, 3.63) is 53.6 Å². The average molecular weight is 423 g/mol. The lowest BCUT2D eigenvalue weighted by atomic mass is 9.90. The zero-order chi connectivity index (χ0) is 22.0. The molecule has 4 rings (SSSR count). The van der Waals surface area contributed by atoms with Crippen LogP contribution in [0.5, 0.6) is 11.5 Å². The van der Waals surface area contributed by atoms with Crippen molar-refractivity contribution in [1.29, 1.82) is 0 Å². The highest BCUT2D eigenvalue weighted by Gasteiger charge is 2.58. The van der Waals surface area contributed by atoms with Gasteiger partial charge in [0.2, 0.25) is 5.91 Å². The highest BCUT2D eigenvalue weighted by atomic mass is 16.5. The van der Waals surface area contributed by atoms with Gasteiger partial charge in [0.1, 0.15) is 0 Å². The predicted octanol–water partition coefficient (Wildman–Crippen LogP) is 3.96. The second-order valence-electron chi connectivity index (χ2n) is 8.81. The molecule has 1 spiro atoms. The van der Waals surface area contributed by atoms with Crippen molar-refractivity contribution in [2.24, 2.45) is 11.3 Å². The normalized spacial score (nSPS) is 19.1. The summed E-state index contributed by atoms with van der Waals surface area (Å²) in [6.07, 6.45) is 2.63. The molecule has 164 valence electrons. The van der Waals surface area contributed by atoms with Crippen molar-refractivity contribution in [3.63, 3.8) is 0 Å². The van der Waals surface area contributed by atoms with Gasteiger partial charge in [0.25, 0.3) is 5.91 Å². The maximum Gasteiger partial charge on any atom is 0.260 e. The second-order valence-corrected chi connectivity index (χ2v) is 8.81. The minimum absolute atomic E-state index is 0.00992. The number of nitrogens with one attached hydrogen (secondary N) is 1. The summed E-state index contributed by atoms with van der Waals surface area (Å²) in [6, 6.07) is 13.4. The van der Waals surface area contributed by atoms with E-state index in [0.29, 0.717) is 24.6 Å². The van der Waals surface area contributed by atoms with E-state index in [0.717, 1.165) is 36.1 Å². The van der Waals surface area contributed by atoms with Crippen LogP contribution in [0.25, 0.3) is 0 Å². The molecule has 31 heavy (non-hydrogen) atoms. The van der Waals surface area contributed by atoms with Crippen LogP contribution in [0.2, 0.25) is 0 Å². The zero-order valence-electron chi connectivity index (χ0n) is 18.4. The van der Waals surface area contributed by atoms with Crippen LogP contribution in [0.15, 0.2) is 42.5 Å². The summed E-state index contributed by atoms with van der Waals surface area (Å²) in [6.45, 7) is 5.39. The summed E-state index contributed by atoms with van der Waals surface area (Å²) in [5.41, 5.74) is 3.19. The van der Waals surface area contributed by atoms with E-state index >= 15 is 0 Å². The number of hydrogen-bond donors (Lipinski definition) is 1. The van der Waals surface area contributed by atoms with E-state index in [9.17, 15) is 9.59 Å². The van der Waals surface area contributed by atoms with Crippen molar-refractivity contribution < 1.29 is 19.1 Å². The number of carbonyl (C=O) groups is 2. The molecule has 1 saturated carbocycles. The first-order valence-electron chi connectivity index (χ1n) is 10.8. The molecule has 2 fully saturated rings. The molecule has 0 aromatic heterocycles. The van der Waals surface area contributed by atoms with Crippen LogP contribution in [-0.4, -0.2) is 43.5 Å². The Bertz CT molecular complexity index is 959. The maximum atomic E-state index is 12.8. The van der Waals surface area contributed by atoms with Gasteiger partial charge in [-0.2, -0.15) is 0 Å². The molecule has 1 unspecified atom stereocenters. The summed E-state index contributed by atoms with van der Waals surface area (Å²) in [5, 5.41) is 3.09. The Balaban J connectivity index is 1.27. The highest BCUT2D eigenvalue weighted by Crippen LogP contribution is 2.59. The summed E-state index contributed by atoms with van der Waals surface area (Å²) in [7, 11) is 1.58. The number of anilines is 1. The molecule has 1 aliphatic heterocycles. The minimum Gasteiger partial charge on any atom is -0.493 e. The molecule has 2 amide bonds. The maximum absolute atomic E-state index is 12.8. The van der Waals surface area contributed by atoms with Crippen LogP contribution >= 0.6 is 0 Å². The monoisotopic (exact) mass is 422 g/mol. The third kappa shape index (κ3) is 4.68. The quantitative estimate of drug-likeness (QED) is 0.765. The average Bonchev–Trinajstić information content (AvgIpc) is 3.45. The molecule has 2 aliphatic rings. The van der Waals surface area contributed by atoms with E-state index in [4.69, 9.17) is 9.47 Å². The lowest BCUT2D eigenvalue weighted by molar-refractivity contribution is -0.135. The molecule has 1 atom stereocenters. The number of rotatable bonds is 6. The number of nitrogens with zero attached hydrogens (tertiary/aromatic N) is 1. The van der Waals surface area contributed by atoms with Crippen LogP contribution in [0.1, 0.15) is 30.4 Å². The molecule has 2 aromatic rings. The zero-order valence-corrected chi connectivity index (χ0v) is 18.4. The predicted molar refractivity (Wildman–Crippen MR) is 119 cm³/mol. The van der Waals surface area contributed by atoms with Gasteiger partial charge in [-0.1, -0.05) is 18.2 Å². The van der Waals surface area contributed by atoms with Gasteiger partial charge in [-0.3, -0.25) is 9.59 Å². The van der Waals surface area contributed by atoms with E-state index in [-0.39, 0.29) is 29.8 Å². The standard InChI is InChI=1S/C25H30N2O4/c1-17-12-18(2)14-19(13-17)26-24(29)20-15-25(20)8-10-27(11-9-25)23(28)16-31-22-7-5-4-6-21(22)30-3/h4-7,12-14,20H,8-11,15-16H2,1-3H3,(H,26,29). The van der Waals surface area contributed by atoms with Crippen molar-refractivity contribution in [1.82, 2.24) is 4.90 Å². The molecule has 6 heteroatoms. The SMILES string of the molecule is COc1ccccc1OCC(=O)N1CCC2(CC1)CC2C(=O)Nc1cc(C)cc(C)c1. The van der Waals surface area contributed by atoms with E-state index < -0.39 is 0 Å². The largest absolute Gasteiger partial charge is 0.493 e. The Hall–Kier alpha value is -3.02. The van der Waals surface area contributed by atoms with Crippen molar-refractivity contribution in [2.75, 3.05) is 32.1 Å². The topological polar surface area (TPSA) is 67.9 Å². The first kappa shape index (κ1) is 21.2. The van der Waals surface area contributed by atoms with Gasteiger partial charge in [-0.25, -0.2) is 0 Å². The van der Waals surface area contributed by atoms with Gasteiger partial charge in [-0.05, 0) is 73.9 Å². The van der Waals surface area contributed by atoms with Crippen LogP contribution in [0.3, 0.4) is 0 Å². The molecule has 1 saturated heterocycles. The fourth-order valence-corrected chi connectivity index (χ4v) is 4.72. The number of hydrogen-bond acceptors (Lipinski definition) is 4. The molecule has 6 nitrogen and oxygen atoms in total. The van der Waals surface area contributed by atoms with Gasteiger partial charge in [-0.15, -0.1) is 0 Å². The Kier molecular flexibility index (Phi) is 5.90. The van der Waals surface area contributed by atoms with Crippen LogP contribution in [0, 0.1) is 25.2 Å². The smallest absolute Gasteiger partial charge is 0.260 e. The van der Waals surface area contributed by atoms with Gasteiger partial charge >= 0.3 is 0 Å². The molecular formula is C25H30N2O4. The van der Waals surface area contributed by atoms with E-state index in [2.05, 4.69) is 11.4 Å². The molecular weight excluding hydrogens is 392 g/mol. The lowest BCUT2D eigenvalue weighted by Gasteiger charge is -2.32. The molecule has 0 bridgehead atoms. The van der Waals surface area contributed by atoms with Gasteiger partial charge in [0.05, 0.1) is 7.11 Å². The Morgan fingerprint density at radius 2 is 1.71 bits per heavy atom. The number of carbonyl (C=O) groups excluding carboxylic acids is 2. The third-order valence-electron chi connectivity index (χ3n) is 6.53. The number of benzene rings is 2. The van der Waals surface area contributed by atoms with Crippen LogP contribution in [0.4, 0.5) is 5.69 Å². The van der Waals surface area contributed by atoms with Crippen LogP contribution in [-0.2, 0) is 9.59 Å².